The summed E-state index contributed by atoms with van der Waals surface area (Å²) in [5.41, 5.74) is 0.572. The molecule has 2 rings (SSSR count). The van der Waals surface area contributed by atoms with Crippen LogP contribution in [0, 0.1) is 11.6 Å². The lowest BCUT2D eigenvalue weighted by molar-refractivity contribution is 0.251. The second-order valence-electron chi connectivity index (χ2n) is 4.61. The minimum Gasteiger partial charge on any atom is -0.316 e. The summed E-state index contributed by atoms with van der Waals surface area (Å²) in [6, 6.07) is 4.29. The first-order valence-corrected chi connectivity index (χ1v) is 5.98. The molecule has 1 aromatic carbocycles. The number of rotatable bonds is 3. The Balaban J connectivity index is 2.12. The van der Waals surface area contributed by atoms with E-state index in [0.29, 0.717) is 11.6 Å². The average molecular weight is 240 g/mol. The van der Waals surface area contributed by atoms with E-state index in [2.05, 4.69) is 10.2 Å². The van der Waals surface area contributed by atoms with E-state index in [0.717, 1.165) is 25.6 Å². The second kappa shape index (κ2) is 5.10. The molecule has 1 aliphatic rings. The fourth-order valence-electron chi connectivity index (χ4n) is 2.41. The van der Waals surface area contributed by atoms with Gasteiger partial charge in [0, 0.05) is 36.8 Å². The molecule has 0 radical (unpaired) electrons. The van der Waals surface area contributed by atoms with Gasteiger partial charge in [-0.2, -0.15) is 0 Å². The summed E-state index contributed by atoms with van der Waals surface area (Å²) in [6.45, 7) is 3.83. The monoisotopic (exact) mass is 240 g/mol. The molecule has 0 spiro atoms. The molecule has 1 aromatic rings. The highest BCUT2D eigenvalue weighted by Gasteiger charge is 2.27. The third-order valence-electron chi connectivity index (χ3n) is 3.59. The summed E-state index contributed by atoms with van der Waals surface area (Å²) in [6.07, 6.45) is 1.07. The van der Waals surface area contributed by atoms with Crippen LogP contribution in [0.3, 0.4) is 0 Å². The minimum atomic E-state index is -0.520. The van der Waals surface area contributed by atoms with E-state index >= 15 is 0 Å². The van der Waals surface area contributed by atoms with Crippen molar-refractivity contribution in [1.82, 2.24) is 10.2 Å². The van der Waals surface area contributed by atoms with Crippen LogP contribution in [0.1, 0.15) is 24.9 Å². The van der Waals surface area contributed by atoms with Crippen LogP contribution in [0.5, 0.6) is 0 Å². The first-order chi connectivity index (χ1) is 8.11. The van der Waals surface area contributed by atoms with Crippen molar-refractivity contribution in [2.75, 3.05) is 20.1 Å². The van der Waals surface area contributed by atoms with Crippen molar-refractivity contribution in [2.45, 2.75) is 25.4 Å². The molecule has 2 atom stereocenters. The standard InChI is InChI=1S/C13H18F2N2/c1-9(17-6-5-11(8-17)16-2)12-4-3-10(14)7-13(12)15/h3-4,7,9,11,16H,5-6,8H2,1-2H3. The molecule has 1 fully saturated rings. The lowest BCUT2D eigenvalue weighted by Crippen LogP contribution is -2.31. The molecule has 0 saturated carbocycles. The quantitative estimate of drug-likeness (QED) is 0.872. The maximum Gasteiger partial charge on any atom is 0.130 e. The van der Waals surface area contributed by atoms with E-state index in [4.69, 9.17) is 0 Å². The van der Waals surface area contributed by atoms with Crippen LogP contribution in [-0.2, 0) is 0 Å². The molecule has 17 heavy (non-hydrogen) atoms. The molecule has 1 saturated heterocycles. The fourth-order valence-corrected chi connectivity index (χ4v) is 2.41. The van der Waals surface area contributed by atoms with E-state index in [1.807, 2.05) is 14.0 Å². The van der Waals surface area contributed by atoms with Gasteiger partial charge in [-0.1, -0.05) is 6.07 Å². The molecule has 0 aromatic heterocycles. The van der Waals surface area contributed by atoms with E-state index in [-0.39, 0.29) is 6.04 Å². The zero-order valence-corrected chi connectivity index (χ0v) is 10.2. The molecule has 0 amide bonds. The third kappa shape index (κ3) is 2.64. The molecule has 1 aliphatic heterocycles. The largest absolute Gasteiger partial charge is 0.316 e. The summed E-state index contributed by atoms with van der Waals surface area (Å²) in [5, 5.41) is 3.23. The Morgan fingerprint density at radius 2 is 2.18 bits per heavy atom. The van der Waals surface area contributed by atoms with E-state index in [1.54, 1.807) is 6.07 Å². The van der Waals surface area contributed by atoms with Crippen LogP contribution in [0.2, 0.25) is 0 Å². The molecule has 2 nitrogen and oxygen atoms in total. The lowest BCUT2D eigenvalue weighted by Gasteiger charge is -2.25. The Hall–Kier alpha value is -1.00. The van der Waals surface area contributed by atoms with Crippen molar-refractivity contribution in [3.8, 4) is 0 Å². The van der Waals surface area contributed by atoms with Gasteiger partial charge in [0.1, 0.15) is 11.6 Å². The topological polar surface area (TPSA) is 15.3 Å². The maximum absolute atomic E-state index is 13.7. The molecule has 2 unspecified atom stereocenters. The van der Waals surface area contributed by atoms with Crippen molar-refractivity contribution >= 4 is 0 Å². The smallest absolute Gasteiger partial charge is 0.130 e. The van der Waals surface area contributed by atoms with Gasteiger partial charge in [0.05, 0.1) is 0 Å². The Labute approximate surface area is 101 Å². The summed E-state index contributed by atoms with van der Waals surface area (Å²) in [5.74, 6) is -0.974. The zero-order valence-electron chi connectivity index (χ0n) is 10.2. The molecular weight excluding hydrogens is 222 g/mol. The van der Waals surface area contributed by atoms with Gasteiger partial charge in [0.15, 0.2) is 0 Å². The Morgan fingerprint density at radius 1 is 1.41 bits per heavy atom. The third-order valence-corrected chi connectivity index (χ3v) is 3.59. The van der Waals surface area contributed by atoms with Gasteiger partial charge in [0.2, 0.25) is 0 Å². The minimum absolute atomic E-state index is 0.00560. The van der Waals surface area contributed by atoms with Crippen molar-refractivity contribution < 1.29 is 8.78 Å². The highest BCUT2D eigenvalue weighted by Crippen LogP contribution is 2.26. The summed E-state index contributed by atoms with van der Waals surface area (Å²) >= 11 is 0. The van der Waals surface area contributed by atoms with Gasteiger partial charge < -0.3 is 5.32 Å². The van der Waals surface area contributed by atoms with Gasteiger partial charge in [-0.15, -0.1) is 0 Å². The molecular formula is C13H18F2N2. The Kier molecular flexibility index (Phi) is 3.74. The summed E-state index contributed by atoms with van der Waals surface area (Å²) in [4.78, 5) is 2.22. The van der Waals surface area contributed by atoms with Gasteiger partial charge in [-0.25, -0.2) is 8.78 Å². The van der Waals surface area contributed by atoms with Crippen LogP contribution >= 0.6 is 0 Å². The van der Waals surface area contributed by atoms with E-state index in [1.165, 1.54) is 6.07 Å². The predicted octanol–water partition coefficient (Wildman–Crippen LogP) is 2.32. The van der Waals surface area contributed by atoms with E-state index in [9.17, 15) is 8.78 Å². The molecule has 0 aliphatic carbocycles. The van der Waals surface area contributed by atoms with Crippen LogP contribution in [0.25, 0.3) is 0 Å². The van der Waals surface area contributed by atoms with Crippen LogP contribution in [-0.4, -0.2) is 31.1 Å². The number of likely N-dealkylation sites (N-methyl/N-ethyl adjacent to an activating group) is 1. The number of nitrogens with one attached hydrogen (secondary N) is 1. The highest BCUT2D eigenvalue weighted by molar-refractivity contribution is 5.22. The van der Waals surface area contributed by atoms with Gasteiger partial charge in [-0.05, 0) is 26.5 Å². The van der Waals surface area contributed by atoms with Crippen molar-refractivity contribution in [3.63, 3.8) is 0 Å². The number of halogens is 2. The van der Waals surface area contributed by atoms with Crippen molar-refractivity contribution in [2.24, 2.45) is 0 Å². The van der Waals surface area contributed by atoms with Gasteiger partial charge >= 0.3 is 0 Å². The molecule has 1 heterocycles. The number of likely N-dealkylation sites (tertiary alicyclic amines) is 1. The van der Waals surface area contributed by atoms with Crippen molar-refractivity contribution in [1.29, 1.82) is 0 Å². The van der Waals surface area contributed by atoms with Gasteiger partial charge in [0.25, 0.3) is 0 Å². The Bertz CT molecular complexity index is 395. The lowest BCUT2D eigenvalue weighted by atomic mass is 10.1. The number of nitrogens with zero attached hydrogens (tertiary/aromatic N) is 1. The molecule has 94 valence electrons. The average Bonchev–Trinajstić information content (AvgIpc) is 2.76. The molecule has 1 N–H and O–H groups in total. The summed E-state index contributed by atoms with van der Waals surface area (Å²) in [7, 11) is 1.94. The van der Waals surface area contributed by atoms with Crippen LogP contribution in [0.4, 0.5) is 8.78 Å². The van der Waals surface area contributed by atoms with Crippen molar-refractivity contribution in [3.05, 3.63) is 35.4 Å². The van der Waals surface area contributed by atoms with Crippen LogP contribution in [0.15, 0.2) is 18.2 Å². The fraction of sp³-hybridized carbons (Fsp3) is 0.538. The first kappa shape index (κ1) is 12.5. The summed E-state index contributed by atoms with van der Waals surface area (Å²) < 4.78 is 26.5. The second-order valence-corrected chi connectivity index (χ2v) is 4.61. The Morgan fingerprint density at radius 3 is 2.76 bits per heavy atom. The number of benzene rings is 1. The SMILES string of the molecule is CNC1CCN(C(C)c2ccc(F)cc2F)C1. The normalized spacial score (nSPS) is 22.9. The molecule has 4 heteroatoms. The predicted molar refractivity (Wildman–Crippen MR) is 63.8 cm³/mol. The number of hydrogen-bond donors (Lipinski definition) is 1. The van der Waals surface area contributed by atoms with E-state index < -0.39 is 11.6 Å². The van der Waals surface area contributed by atoms with Crippen LogP contribution < -0.4 is 5.32 Å². The first-order valence-electron chi connectivity index (χ1n) is 5.98. The number of hydrogen-bond acceptors (Lipinski definition) is 2. The maximum atomic E-state index is 13.7. The zero-order chi connectivity index (χ0) is 12.4. The molecule has 0 bridgehead atoms. The highest BCUT2D eigenvalue weighted by atomic mass is 19.1. The van der Waals surface area contributed by atoms with Gasteiger partial charge in [-0.3, -0.25) is 4.90 Å².